The smallest absolute Gasteiger partial charge is 0.230 e. The van der Waals surface area contributed by atoms with Crippen molar-refractivity contribution in [3.63, 3.8) is 0 Å². The van der Waals surface area contributed by atoms with Crippen molar-refractivity contribution in [3.05, 3.63) is 29.2 Å². The fourth-order valence-corrected chi connectivity index (χ4v) is 5.83. The number of thiophene rings is 1. The zero-order chi connectivity index (χ0) is 20.6. The lowest BCUT2D eigenvalue weighted by Crippen LogP contribution is -2.27. The van der Waals surface area contributed by atoms with E-state index in [1.54, 1.807) is 0 Å². The summed E-state index contributed by atoms with van der Waals surface area (Å²) in [6, 6.07) is 2.70. The minimum absolute atomic E-state index is 0.0759. The summed E-state index contributed by atoms with van der Waals surface area (Å²) in [4.78, 5) is 14.7. The lowest BCUT2D eigenvalue weighted by atomic mass is 9.72. The standard InChI is InChI=1S/C22H30N4OS2/c1-5-10-26-20(24-25-21(26)28-13-19(27)23-16-7-8-16)18-12-14-11-15(22(2,3)4)6-9-17(14)29-18/h5,12,15-16H,1,6-11,13H2,2-4H3,(H,23,27). The summed E-state index contributed by atoms with van der Waals surface area (Å²) in [6.07, 6.45) is 7.63. The van der Waals surface area contributed by atoms with Crippen LogP contribution in [0.3, 0.4) is 0 Å². The molecule has 0 aromatic carbocycles. The minimum Gasteiger partial charge on any atom is -0.353 e. The summed E-state index contributed by atoms with van der Waals surface area (Å²) >= 11 is 3.30. The zero-order valence-electron chi connectivity index (χ0n) is 17.5. The molecule has 2 aromatic heterocycles. The number of nitrogens with one attached hydrogen (secondary N) is 1. The highest BCUT2D eigenvalue weighted by atomic mass is 32.2. The molecule has 156 valence electrons. The van der Waals surface area contributed by atoms with Crippen LogP contribution >= 0.6 is 23.1 Å². The summed E-state index contributed by atoms with van der Waals surface area (Å²) in [6.45, 7) is 11.6. The lowest BCUT2D eigenvalue weighted by molar-refractivity contribution is -0.118. The van der Waals surface area contributed by atoms with Crippen LogP contribution in [0.4, 0.5) is 0 Å². The van der Waals surface area contributed by atoms with Crippen LogP contribution in [0.5, 0.6) is 0 Å². The maximum Gasteiger partial charge on any atom is 0.230 e. The number of allylic oxidation sites excluding steroid dienone is 1. The summed E-state index contributed by atoms with van der Waals surface area (Å²) in [7, 11) is 0. The number of amides is 1. The van der Waals surface area contributed by atoms with Crippen LogP contribution in [-0.2, 0) is 24.2 Å². The molecular weight excluding hydrogens is 400 g/mol. The molecule has 1 atom stereocenters. The summed E-state index contributed by atoms with van der Waals surface area (Å²) in [5, 5.41) is 12.7. The molecule has 2 aliphatic carbocycles. The molecule has 7 heteroatoms. The van der Waals surface area contributed by atoms with Crippen molar-refractivity contribution in [2.75, 3.05) is 5.75 Å². The molecule has 2 aromatic rings. The molecule has 1 fully saturated rings. The van der Waals surface area contributed by atoms with E-state index >= 15 is 0 Å². The van der Waals surface area contributed by atoms with Gasteiger partial charge in [-0.3, -0.25) is 9.36 Å². The van der Waals surface area contributed by atoms with E-state index in [1.165, 1.54) is 33.5 Å². The fourth-order valence-electron chi connectivity index (χ4n) is 3.87. The number of fused-ring (bicyclic) bond motifs is 1. The molecule has 4 rings (SSSR count). The van der Waals surface area contributed by atoms with Gasteiger partial charge < -0.3 is 5.32 Å². The predicted octanol–water partition coefficient (Wildman–Crippen LogP) is 4.71. The van der Waals surface area contributed by atoms with E-state index in [0.29, 0.717) is 23.8 Å². The minimum atomic E-state index is 0.0759. The van der Waals surface area contributed by atoms with E-state index in [4.69, 9.17) is 0 Å². The van der Waals surface area contributed by atoms with E-state index in [2.05, 4.69) is 53.5 Å². The highest BCUT2D eigenvalue weighted by Crippen LogP contribution is 2.42. The van der Waals surface area contributed by atoms with Crippen LogP contribution in [0, 0.1) is 11.3 Å². The van der Waals surface area contributed by atoms with E-state index in [1.807, 2.05) is 17.4 Å². The summed E-state index contributed by atoms with van der Waals surface area (Å²) < 4.78 is 2.08. The van der Waals surface area contributed by atoms with Gasteiger partial charge in [0.15, 0.2) is 11.0 Å². The second-order valence-electron chi connectivity index (χ2n) is 9.20. The fraction of sp³-hybridized carbons (Fsp3) is 0.591. The van der Waals surface area contributed by atoms with E-state index < -0.39 is 0 Å². The Kier molecular flexibility index (Phi) is 5.89. The van der Waals surface area contributed by atoms with Gasteiger partial charge in [0.1, 0.15) is 0 Å². The zero-order valence-corrected chi connectivity index (χ0v) is 19.2. The van der Waals surface area contributed by atoms with Gasteiger partial charge in [-0.15, -0.1) is 28.1 Å². The molecule has 1 unspecified atom stereocenters. The first kappa shape index (κ1) is 20.7. The lowest BCUT2D eigenvalue weighted by Gasteiger charge is -2.33. The third-order valence-corrected chi connectivity index (χ3v) is 8.03. The Morgan fingerprint density at radius 2 is 2.17 bits per heavy atom. The molecule has 1 amide bonds. The van der Waals surface area contributed by atoms with Gasteiger partial charge in [-0.1, -0.05) is 38.6 Å². The van der Waals surface area contributed by atoms with Crippen LogP contribution in [0.25, 0.3) is 10.7 Å². The molecule has 5 nitrogen and oxygen atoms in total. The van der Waals surface area contributed by atoms with Crippen molar-refractivity contribution in [2.24, 2.45) is 11.3 Å². The Hall–Kier alpha value is -1.60. The number of aromatic nitrogens is 3. The Morgan fingerprint density at radius 3 is 2.86 bits per heavy atom. The second kappa shape index (κ2) is 8.26. The molecule has 1 N–H and O–H groups in total. The van der Waals surface area contributed by atoms with Gasteiger partial charge in [0.05, 0.1) is 10.6 Å². The normalized spacial score (nSPS) is 19.1. The number of aryl methyl sites for hydroxylation is 1. The van der Waals surface area contributed by atoms with Gasteiger partial charge in [-0.25, -0.2) is 0 Å². The first-order chi connectivity index (χ1) is 13.8. The number of carbonyl (C=O) groups excluding carboxylic acids is 1. The van der Waals surface area contributed by atoms with Crippen molar-refractivity contribution in [3.8, 4) is 10.7 Å². The SMILES string of the molecule is C=CCn1c(SCC(=O)NC2CC2)nnc1-c1cc2c(s1)CCC(C(C)(C)C)C2. The number of nitrogens with zero attached hydrogens (tertiary/aromatic N) is 3. The van der Waals surface area contributed by atoms with Crippen LogP contribution in [0.15, 0.2) is 23.9 Å². The van der Waals surface area contributed by atoms with Crippen molar-refractivity contribution >= 4 is 29.0 Å². The van der Waals surface area contributed by atoms with Crippen LogP contribution in [0.2, 0.25) is 0 Å². The number of rotatable bonds is 7. The van der Waals surface area contributed by atoms with E-state index in [9.17, 15) is 4.79 Å². The van der Waals surface area contributed by atoms with Crippen molar-refractivity contribution < 1.29 is 4.79 Å². The van der Waals surface area contributed by atoms with Crippen LogP contribution < -0.4 is 5.32 Å². The molecule has 0 bridgehead atoms. The second-order valence-corrected chi connectivity index (χ2v) is 11.3. The predicted molar refractivity (Wildman–Crippen MR) is 120 cm³/mol. The van der Waals surface area contributed by atoms with E-state index in [-0.39, 0.29) is 5.91 Å². The van der Waals surface area contributed by atoms with Crippen molar-refractivity contribution in [2.45, 2.75) is 70.6 Å². The first-order valence-corrected chi connectivity index (χ1v) is 12.2. The van der Waals surface area contributed by atoms with Crippen molar-refractivity contribution in [1.82, 2.24) is 20.1 Å². The molecule has 2 aliphatic rings. The Bertz CT molecular complexity index is 905. The Balaban J connectivity index is 1.52. The van der Waals surface area contributed by atoms with Gasteiger partial charge in [0.25, 0.3) is 0 Å². The topological polar surface area (TPSA) is 59.8 Å². The van der Waals surface area contributed by atoms with Gasteiger partial charge >= 0.3 is 0 Å². The maximum absolute atomic E-state index is 12.0. The third-order valence-electron chi connectivity index (χ3n) is 5.83. The number of hydrogen-bond donors (Lipinski definition) is 1. The van der Waals surface area contributed by atoms with Gasteiger partial charge in [0.2, 0.25) is 5.91 Å². The van der Waals surface area contributed by atoms with Crippen LogP contribution in [-0.4, -0.2) is 32.5 Å². The number of thioether (sulfide) groups is 1. The van der Waals surface area contributed by atoms with Gasteiger partial charge in [-0.2, -0.15) is 0 Å². The van der Waals surface area contributed by atoms with Gasteiger partial charge in [-0.05, 0) is 55.1 Å². The molecule has 2 heterocycles. The molecule has 0 spiro atoms. The van der Waals surface area contributed by atoms with Crippen LogP contribution in [0.1, 0.15) is 50.5 Å². The monoisotopic (exact) mass is 430 g/mol. The molecule has 29 heavy (non-hydrogen) atoms. The molecule has 0 aliphatic heterocycles. The largest absolute Gasteiger partial charge is 0.353 e. The average Bonchev–Trinajstić information content (AvgIpc) is 3.23. The maximum atomic E-state index is 12.0. The molecule has 0 radical (unpaired) electrons. The summed E-state index contributed by atoms with van der Waals surface area (Å²) in [5.41, 5.74) is 1.82. The van der Waals surface area contributed by atoms with Crippen molar-refractivity contribution in [1.29, 1.82) is 0 Å². The number of carbonyl (C=O) groups is 1. The highest BCUT2D eigenvalue weighted by Gasteiger charge is 2.30. The average molecular weight is 431 g/mol. The van der Waals surface area contributed by atoms with Gasteiger partial charge in [0, 0.05) is 17.5 Å². The first-order valence-electron chi connectivity index (χ1n) is 10.4. The number of hydrogen-bond acceptors (Lipinski definition) is 5. The quantitative estimate of drug-likeness (QED) is 0.510. The molecule has 1 saturated carbocycles. The summed E-state index contributed by atoms with van der Waals surface area (Å²) in [5.74, 6) is 2.06. The highest BCUT2D eigenvalue weighted by molar-refractivity contribution is 7.99. The Morgan fingerprint density at radius 1 is 1.38 bits per heavy atom. The molecule has 0 saturated heterocycles. The Labute approximate surface area is 181 Å². The van der Waals surface area contributed by atoms with E-state index in [0.717, 1.165) is 42.6 Å². The molecular formula is C22H30N4OS2. The third kappa shape index (κ3) is 4.77.